The third-order valence-electron chi connectivity index (χ3n) is 8.30. The van der Waals surface area contributed by atoms with Crippen molar-refractivity contribution in [2.24, 2.45) is 11.8 Å². The third-order valence-corrected chi connectivity index (χ3v) is 8.30. The molecule has 0 aromatic rings. The van der Waals surface area contributed by atoms with Crippen molar-refractivity contribution in [3.8, 4) is 0 Å². The van der Waals surface area contributed by atoms with E-state index in [9.17, 15) is 19.2 Å². The Labute approximate surface area is 245 Å². The van der Waals surface area contributed by atoms with Crippen LogP contribution in [0, 0.1) is 11.8 Å². The van der Waals surface area contributed by atoms with Gasteiger partial charge in [0.1, 0.15) is 18.8 Å². The molecule has 2 N–H and O–H groups in total. The number of hydrogen-bond acceptors (Lipinski definition) is 8. The minimum Gasteiger partial charge on any atom is -0.465 e. The lowest BCUT2D eigenvalue weighted by Crippen LogP contribution is -2.49. The Balaban J connectivity index is 1.55. The second kappa shape index (κ2) is 18.7. The molecule has 0 bridgehead atoms. The fourth-order valence-electron chi connectivity index (χ4n) is 5.73. The van der Waals surface area contributed by atoms with E-state index >= 15 is 0 Å². The first-order valence-electron chi connectivity index (χ1n) is 15.4. The van der Waals surface area contributed by atoms with Gasteiger partial charge in [0, 0.05) is 24.8 Å². The van der Waals surface area contributed by atoms with E-state index in [2.05, 4.69) is 17.2 Å². The van der Waals surface area contributed by atoms with Crippen LogP contribution < -0.4 is 10.6 Å². The van der Waals surface area contributed by atoms with Crippen molar-refractivity contribution in [3.05, 3.63) is 12.7 Å². The summed E-state index contributed by atoms with van der Waals surface area (Å²) in [6.07, 6.45) is 13.7. The van der Waals surface area contributed by atoms with Gasteiger partial charge >= 0.3 is 12.1 Å². The number of carbonyl (C=O) groups is 4. The van der Waals surface area contributed by atoms with E-state index in [4.69, 9.17) is 18.9 Å². The van der Waals surface area contributed by atoms with Gasteiger partial charge in [-0.25, -0.2) is 9.59 Å². The molecule has 10 nitrogen and oxygen atoms in total. The van der Waals surface area contributed by atoms with Gasteiger partial charge in [-0.1, -0.05) is 13.0 Å². The topological polar surface area (TPSA) is 129 Å². The quantitative estimate of drug-likeness (QED) is 0.0763. The van der Waals surface area contributed by atoms with Crippen LogP contribution in [-0.4, -0.2) is 68.1 Å². The van der Waals surface area contributed by atoms with Crippen LogP contribution in [0.5, 0.6) is 0 Å². The lowest BCUT2D eigenvalue weighted by Gasteiger charge is -2.35. The van der Waals surface area contributed by atoms with Gasteiger partial charge in [0.25, 0.3) is 12.4 Å². The molecule has 10 heteroatoms. The van der Waals surface area contributed by atoms with Gasteiger partial charge in [-0.05, 0) is 110 Å². The van der Waals surface area contributed by atoms with Crippen molar-refractivity contribution in [1.29, 1.82) is 0 Å². The van der Waals surface area contributed by atoms with Crippen LogP contribution >= 0.6 is 0 Å². The van der Waals surface area contributed by atoms with Crippen LogP contribution in [0.2, 0.25) is 0 Å². The van der Waals surface area contributed by atoms with Crippen LogP contribution in [0.1, 0.15) is 104 Å². The standard InChI is InChI=1S/C31H52N2O8/c1-5-28(35)38-19-20-39-30(37)33-27-16-12-25(13-17-27)21-24-10-14-26(15-11-24)32-29(36)31(3,4)41-18-8-6-7-9-23(2)40-22-34/h5,22-27H,1,6-21H2,2-4H3,(H,32,36)(H,33,37). The molecule has 2 aliphatic rings. The first kappa shape index (κ1) is 34.6. The minimum absolute atomic E-state index is 0.0182. The summed E-state index contributed by atoms with van der Waals surface area (Å²) < 4.78 is 20.7. The summed E-state index contributed by atoms with van der Waals surface area (Å²) >= 11 is 0. The summed E-state index contributed by atoms with van der Waals surface area (Å²) in [5, 5.41) is 6.14. The van der Waals surface area contributed by atoms with Gasteiger partial charge in [-0.3, -0.25) is 9.59 Å². The molecule has 0 aromatic carbocycles. The van der Waals surface area contributed by atoms with Gasteiger partial charge < -0.3 is 29.6 Å². The van der Waals surface area contributed by atoms with Crippen molar-refractivity contribution in [1.82, 2.24) is 10.6 Å². The Morgan fingerprint density at radius 2 is 1.44 bits per heavy atom. The average molecular weight is 581 g/mol. The maximum Gasteiger partial charge on any atom is 0.407 e. The first-order valence-corrected chi connectivity index (χ1v) is 15.4. The molecular weight excluding hydrogens is 528 g/mol. The average Bonchev–Trinajstić information content (AvgIpc) is 2.95. The zero-order chi connectivity index (χ0) is 30.1. The van der Waals surface area contributed by atoms with Crippen molar-refractivity contribution in [2.75, 3.05) is 19.8 Å². The fraction of sp³-hybridized carbons (Fsp3) is 0.806. The number of carbonyl (C=O) groups excluding carboxylic acids is 4. The molecule has 0 aromatic heterocycles. The third kappa shape index (κ3) is 14.2. The maximum absolute atomic E-state index is 12.9. The van der Waals surface area contributed by atoms with E-state index in [0.717, 1.165) is 83.1 Å². The Morgan fingerprint density at radius 1 is 0.854 bits per heavy atom. The number of hydrogen-bond donors (Lipinski definition) is 2. The number of rotatable bonds is 18. The number of unbranched alkanes of at least 4 members (excludes halogenated alkanes) is 2. The lowest BCUT2D eigenvalue weighted by molar-refractivity contribution is -0.144. The largest absolute Gasteiger partial charge is 0.465 e. The van der Waals surface area contributed by atoms with E-state index in [0.29, 0.717) is 24.9 Å². The molecule has 0 heterocycles. The van der Waals surface area contributed by atoms with Crippen molar-refractivity contribution in [3.63, 3.8) is 0 Å². The zero-order valence-electron chi connectivity index (χ0n) is 25.3. The number of ether oxygens (including phenoxy) is 4. The summed E-state index contributed by atoms with van der Waals surface area (Å²) in [4.78, 5) is 46.2. The van der Waals surface area contributed by atoms with Crippen LogP contribution in [0.15, 0.2) is 12.7 Å². The second-order valence-electron chi connectivity index (χ2n) is 12.0. The molecule has 0 radical (unpaired) electrons. The Morgan fingerprint density at radius 3 is 2.02 bits per heavy atom. The van der Waals surface area contributed by atoms with Gasteiger partial charge in [-0.2, -0.15) is 0 Å². The lowest BCUT2D eigenvalue weighted by atomic mass is 9.75. The SMILES string of the molecule is C=CC(=O)OCCOC(=O)NC1CCC(CC2CCC(NC(=O)C(C)(C)OCCCCCC(C)OC=O)CC2)CC1. The minimum atomic E-state index is -0.859. The molecule has 0 aliphatic heterocycles. The van der Waals surface area contributed by atoms with E-state index in [-0.39, 0.29) is 37.3 Å². The predicted molar refractivity (Wildman–Crippen MR) is 155 cm³/mol. The van der Waals surface area contributed by atoms with E-state index in [1.165, 1.54) is 6.42 Å². The predicted octanol–water partition coefficient (Wildman–Crippen LogP) is 4.98. The Hall–Kier alpha value is -2.62. The molecule has 1 atom stereocenters. The van der Waals surface area contributed by atoms with E-state index < -0.39 is 17.7 Å². The molecule has 41 heavy (non-hydrogen) atoms. The Kier molecular flexibility index (Phi) is 15.8. The number of amides is 2. The fourth-order valence-corrected chi connectivity index (χ4v) is 5.73. The van der Waals surface area contributed by atoms with Crippen LogP contribution in [0.4, 0.5) is 4.79 Å². The highest BCUT2D eigenvalue weighted by Gasteiger charge is 2.32. The molecule has 2 amide bonds. The molecule has 2 fully saturated rings. The molecule has 1 unspecified atom stereocenters. The molecule has 2 saturated carbocycles. The van der Waals surface area contributed by atoms with Crippen LogP contribution in [-0.2, 0) is 33.3 Å². The van der Waals surface area contributed by atoms with Crippen LogP contribution in [0.25, 0.3) is 0 Å². The monoisotopic (exact) mass is 580 g/mol. The summed E-state index contributed by atoms with van der Waals surface area (Å²) in [6.45, 7) is 9.93. The summed E-state index contributed by atoms with van der Waals surface area (Å²) in [5.74, 6) is 0.778. The van der Waals surface area contributed by atoms with Gasteiger partial charge in [0.15, 0.2) is 0 Å². The smallest absolute Gasteiger partial charge is 0.407 e. The normalized spacial score (nSPS) is 23.5. The first-order chi connectivity index (χ1) is 19.6. The zero-order valence-corrected chi connectivity index (χ0v) is 25.3. The summed E-state index contributed by atoms with van der Waals surface area (Å²) in [6, 6.07) is 0.324. The second-order valence-corrected chi connectivity index (χ2v) is 12.0. The molecule has 0 spiro atoms. The highest BCUT2D eigenvalue weighted by atomic mass is 16.6. The van der Waals surface area contributed by atoms with Crippen molar-refractivity contribution < 1.29 is 38.1 Å². The number of esters is 1. The van der Waals surface area contributed by atoms with Gasteiger partial charge in [0.2, 0.25) is 0 Å². The van der Waals surface area contributed by atoms with Gasteiger partial charge in [0.05, 0.1) is 6.10 Å². The van der Waals surface area contributed by atoms with E-state index in [1.807, 2.05) is 20.8 Å². The van der Waals surface area contributed by atoms with Crippen LogP contribution in [0.3, 0.4) is 0 Å². The van der Waals surface area contributed by atoms with Crippen molar-refractivity contribution >= 4 is 24.4 Å². The summed E-state index contributed by atoms with van der Waals surface area (Å²) in [5.41, 5.74) is -0.859. The number of nitrogens with one attached hydrogen (secondary N) is 2. The highest BCUT2D eigenvalue weighted by Crippen LogP contribution is 2.35. The van der Waals surface area contributed by atoms with Crippen molar-refractivity contribution in [2.45, 2.75) is 128 Å². The highest BCUT2D eigenvalue weighted by molar-refractivity contribution is 5.84. The van der Waals surface area contributed by atoms with Gasteiger partial charge in [-0.15, -0.1) is 0 Å². The summed E-state index contributed by atoms with van der Waals surface area (Å²) in [7, 11) is 0. The maximum atomic E-state index is 12.9. The molecule has 234 valence electrons. The Bertz CT molecular complexity index is 817. The molecule has 2 rings (SSSR count). The van der Waals surface area contributed by atoms with E-state index in [1.54, 1.807) is 0 Å². The molecular formula is C31H52N2O8. The number of alkyl carbamates (subject to hydrolysis) is 1. The molecule has 2 aliphatic carbocycles. The molecule has 0 saturated heterocycles.